The topological polar surface area (TPSA) is 125 Å². The lowest BCUT2D eigenvalue weighted by Gasteiger charge is -1.99. The third-order valence-corrected chi connectivity index (χ3v) is 3.60. The lowest BCUT2D eigenvalue weighted by Crippen LogP contribution is -2.02. The summed E-state index contributed by atoms with van der Waals surface area (Å²) in [6, 6.07) is 7.64. The van der Waals surface area contributed by atoms with Gasteiger partial charge in [-0.15, -0.1) is 0 Å². The third kappa shape index (κ3) is 5.22. The van der Waals surface area contributed by atoms with Gasteiger partial charge in [0, 0.05) is 12.4 Å². The van der Waals surface area contributed by atoms with Crippen molar-refractivity contribution in [2.24, 2.45) is 0 Å². The number of aromatic amines is 1. The van der Waals surface area contributed by atoms with Crippen molar-refractivity contribution in [3.05, 3.63) is 48.8 Å². The highest BCUT2D eigenvalue weighted by atomic mass is 32.2. The van der Waals surface area contributed by atoms with E-state index in [1.807, 2.05) is 24.5 Å². The van der Waals surface area contributed by atoms with Gasteiger partial charge in [0.05, 0.1) is 9.79 Å². The van der Waals surface area contributed by atoms with Crippen molar-refractivity contribution < 1.29 is 25.9 Å². The maximum atomic E-state index is 10.6. The monoisotopic (exact) mass is 305 g/mol. The molecule has 0 amide bonds. The molecule has 0 spiro atoms. The molecule has 0 radical (unpaired) electrons. The third-order valence-electron chi connectivity index (χ3n) is 1.90. The molecule has 0 aliphatic heterocycles. The van der Waals surface area contributed by atoms with Crippen molar-refractivity contribution in [2.45, 2.75) is 9.79 Å². The first-order valence-electron chi connectivity index (χ1n) is 4.84. The van der Waals surface area contributed by atoms with E-state index in [4.69, 9.17) is 9.11 Å². The highest BCUT2D eigenvalue weighted by Crippen LogP contribution is 2.14. The summed E-state index contributed by atoms with van der Waals surface area (Å²) >= 11 is 0. The van der Waals surface area contributed by atoms with Gasteiger partial charge in [-0.05, 0) is 30.3 Å². The second-order valence-electron chi connectivity index (χ2n) is 3.31. The summed E-state index contributed by atoms with van der Waals surface area (Å²) in [5.74, 6) is 0. The number of hydrogen-bond acceptors (Lipinski definition) is 4. The average Bonchev–Trinajstić information content (AvgIpc) is 2.85. The largest absolute Gasteiger partial charge is 0.368 e. The van der Waals surface area contributed by atoms with Gasteiger partial charge in [0.1, 0.15) is 0 Å². The number of rotatable bonds is 2. The van der Waals surface area contributed by atoms with E-state index in [1.54, 1.807) is 0 Å². The standard InChI is InChI=1S/C6H6O6S2.C4H5N/c7-13(8,9)5-2-1-3-6(4-5)14(10,11)12;1-2-4-5-3-1/h1-4H,(H,7,8,9)(H,10,11,12);1-5H. The first-order valence-corrected chi connectivity index (χ1v) is 7.72. The van der Waals surface area contributed by atoms with Crippen molar-refractivity contribution in [2.75, 3.05) is 0 Å². The van der Waals surface area contributed by atoms with Gasteiger partial charge in [-0.2, -0.15) is 16.8 Å². The molecule has 1 aromatic carbocycles. The minimum absolute atomic E-state index is 0.590. The second-order valence-corrected chi connectivity index (χ2v) is 6.15. The molecule has 0 saturated carbocycles. The molecule has 0 aliphatic rings. The molecule has 0 fully saturated rings. The zero-order chi connectivity index (χ0) is 14.5. The van der Waals surface area contributed by atoms with Gasteiger partial charge >= 0.3 is 0 Å². The van der Waals surface area contributed by atoms with Crippen LogP contribution in [-0.4, -0.2) is 30.9 Å². The van der Waals surface area contributed by atoms with Gasteiger partial charge in [-0.3, -0.25) is 9.11 Å². The molecule has 2 rings (SSSR count). The van der Waals surface area contributed by atoms with Crippen LogP contribution in [0.2, 0.25) is 0 Å². The SMILES string of the molecule is O=S(=O)(O)c1cccc(S(=O)(=O)O)c1.c1cc[nH]c1. The van der Waals surface area contributed by atoms with Crippen LogP contribution in [0, 0.1) is 0 Å². The summed E-state index contributed by atoms with van der Waals surface area (Å²) in [7, 11) is -8.92. The van der Waals surface area contributed by atoms with E-state index in [9.17, 15) is 16.8 Å². The molecule has 104 valence electrons. The van der Waals surface area contributed by atoms with Crippen LogP contribution in [0.5, 0.6) is 0 Å². The molecule has 1 aromatic heterocycles. The van der Waals surface area contributed by atoms with E-state index in [0.717, 1.165) is 18.2 Å². The zero-order valence-electron chi connectivity index (χ0n) is 9.46. The Bertz CT molecular complexity index is 655. The normalized spacial score (nSPS) is 11.5. The molecule has 3 N–H and O–H groups in total. The first-order chi connectivity index (χ1) is 8.71. The Hall–Kier alpha value is -1.68. The van der Waals surface area contributed by atoms with Gasteiger partial charge in [0.2, 0.25) is 0 Å². The Morgan fingerprint density at radius 3 is 1.47 bits per heavy atom. The van der Waals surface area contributed by atoms with Gasteiger partial charge in [-0.25, -0.2) is 0 Å². The van der Waals surface area contributed by atoms with E-state index in [-0.39, 0.29) is 0 Å². The number of nitrogens with one attached hydrogen (secondary N) is 1. The molecule has 0 aliphatic carbocycles. The average molecular weight is 305 g/mol. The fourth-order valence-corrected chi connectivity index (χ4v) is 2.20. The van der Waals surface area contributed by atoms with Crippen LogP contribution in [0.25, 0.3) is 0 Å². The molecule has 2 aromatic rings. The van der Waals surface area contributed by atoms with E-state index in [2.05, 4.69) is 4.98 Å². The molecule has 0 bridgehead atoms. The van der Waals surface area contributed by atoms with Crippen molar-refractivity contribution in [1.82, 2.24) is 4.98 Å². The fraction of sp³-hybridized carbons (Fsp3) is 0. The first kappa shape index (κ1) is 15.4. The minimum atomic E-state index is -4.46. The fourth-order valence-electron chi connectivity index (χ4n) is 1.07. The zero-order valence-corrected chi connectivity index (χ0v) is 11.1. The van der Waals surface area contributed by atoms with Gasteiger partial charge in [0.25, 0.3) is 20.2 Å². The molecule has 19 heavy (non-hydrogen) atoms. The molecule has 9 heteroatoms. The summed E-state index contributed by atoms with van der Waals surface area (Å²) in [6.07, 6.45) is 3.75. The second kappa shape index (κ2) is 5.97. The Balaban J connectivity index is 0.000000300. The Kier molecular flexibility index (Phi) is 4.84. The lowest BCUT2D eigenvalue weighted by molar-refractivity contribution is 0.481. The van der Waals surface area contributed by atoms with Crippen LogP contribution in [0.4, 0.5) is 0 Å². The maximum absolute atomic E-state index is 10.6. The molecular formula is C10H11NO6S2. The van der Waals surface area contributed by atoms with Crippen molar-refractivity contribution in [3.63, 3.8) is 0 Å². The quantitative estimate of drug-likeness (QED) is 0.716. The Labute approximate surface area is 110 Å². The van der Waals surface area contributed by atoms with Gasteiger partial charge in [0.15, 0.2) is 0 Å². The van der Waals surface area contributed by atoms with Crippen molar-refractivity contribution >= 4 is 20.2 Å². The molecule has 7 nitrogen and oxygen atoms in total. The van der Waals surface area contributed by atoms with Crippen molar-refractivity contribution in [1.29, 1.82) is 0 Å². The molecule has 1 heterocycles. The number of aromatic nitrogens is 1. The maximum Gasteiger partial charge on any atom is 0.294 e. The van der Waals surface area contributed by atoms with E-state index >= 15 is 0 Å². The van der Waals surface area contributed by atoms with Crippen LogP contribution in [0.15, 0.2) is 58.6 Å². The number of benzene rings is 1. The summed E-state index contributed by atoms with van der Waals surface area (Å²) in [4.78, 5) is 1.68. The van der Waals surface area contributed by atoms with E-state index in [1.165, 1.54) is 0 Å². The highest BCUT2D eigenvalue weighted by molar-refractivity contribution is 7.86. The Morgan fingerprint density at radius 1 is 0.789 bits per heavy atom. The van der Waals surface area contributed by atoms with Gasteiger partial charge in [-0.1, -0.05) is 6.07 Å². The molecule has 0 saturated heterocycles. The number of H-pyrrole nitrogens is 1. The number of hydrogen-bond donors (Lipinski definition) is 3. The molecule has 0 unspecified atom stereocenters. The smallest absolute Gasteiger partial charge is 0.294 e. The predicted molar refractivity (Wildman–Crippen MR) is 66.9 cm³/mol. The lowest BCUT2D eigenvalue weighted by atomic mass is 10.4. The summed E-state index contributed by atoms with van der Waals surface area (Å²) in [5, 5.41) is 0. The van der Waals surface area contributed by atoms with Crippen LogP contribution in [-0.2, 0) is 20.2 Å². The van der Waals surface area contributed by atoms with Crippen LogP contribution in [0.1, 0.15) is 0 Å². The van der Waals surface area contributed by atoms with Crippen LogP contribution < -0.4 is 0 Å². The van der Waals surface area contributed by atoms with E-state index < -0.39 is 30.0 Å². The van der Waals surface area contributed by atoms with E-state index in [0.29, 0.717) is 6.07 Å². The summed E-state index contributed by atoms with van der Waals surface area (Å²) < 4.78 is 59.5. The van der Waals surface area contributed by atoms with Crippen LogP contribution >= 0.6 is 0 Å². The molecule has 0 atom stereocenters. The van der Waals surface area contributed by atoms with Crippen LogP contribution in [0.3, 0.4) is 0 Å². The minimum Gasteiger partial charge on any atom is -0.368 e. The van der Waals surface area contributed by atoms with Crippen molar-refractivity contribution in [3.8, 4) is 0 Å². The molecular weight excluding hydrogens is 294 g/mol. The predicted octanol–water partition coefficient (Wildman–Crippen LogP) is 1.19. The summed E-state index contributed by atoms with van der Waals surface area (Å²) in [6.45, 7) is 0. The summed E-state index contributed by atoms with van der Waals surface area (Å²) in [5.41, 5.74) is 0. The van der Waals surface area contributed by atoms with Gasteiger partial charge < -0.3 is 4.98 Å². The Morgan fingerprint density at radius 2 is 1.21 bits per heavy atom. The highest BCUT2D eigenvalue weighted by Gasteiger charge is 2.15.